The molecular weight excluding hydrogens is 196 g/mol. The molecule has 0 bridgehead atoms. The molecule has 15 heavy (non-hydrogen) atoms. The Kier molecular flexibility index (Phi) is 4.23. The first-order valence-electron chi connectivity index (χ1n) is 4.89. The van der Waals surface area contributed by atoms with E-state index in [1.165, 1.54) is 0 Å². The molecule has 84 valence electrons. The first kappa shape index (κ1) is 11.6. The van der Waals surface area contributed by atoms with Gasteiger partial charge in [0.05, 0.1) is 6.54 Å². The van der Waals surface area contributed by atoms with Crippen molar-refractivity contribution in [3.8, 4) is 0 Å². The second-order valence-corrected chi connectivity index (χ2v) is 3.53. The fraction of sp³-hybridized carbons (Fsp3) is 0.667. The van der Waals surface area contributed by atoms with Crippen molar-refractivity contribution in [3.63, 3.8) is 0 Å². The molecule has 1 atom stereocenters. The fourth-order valence-corrected chi connectivity index (χ4v) is 1.03. The summed E-state index contributed by atoms with van der Waals surface area (Å²) in [4.78, 5) is 15.2. The molecule has 1 unspecified atom stereocenters. The van der Waals surface area contributed by atoms with Gasteiger partial charge in [-0.3, -0.25) is 4.79 Å². The summed E-state index contributed by atoms with van der Waals surface area (Å²) in [6.07, 6.45) is 1.10. The number of carbonyl (C=O) groups excluding carboxylic acids is 1. The molecule has 1 aromatic heterocycles. The van der Waals surface area contributed by atoms with Crippen LogP contribution in [0.5, 0.6) is 0 Å². The van der Waals surface area contributed by atoms with Crippen molar-refractivity contribution in [2.24, 2.45) is 5.73 Å². The molecule has 1 aromatic rings. The Hall–Kier alpha value is -1.43. The van der Waals surface area contributed by atoms with E-state index in [1.807, 2.05) is 6.92 Å². The second-order valence-electron chi connectivity index (χ2n) is 3.53. The highest BCUT2D eigenvalue weighted by Gasteiger charge is 2.06. The average Bonchev–Trinajstić information content (AvgIpc) is 2.58. The van der Waals surface area contributed by atoms with E-state index in [4.69, 9.17) is 10.3 Å². The van der Waals surface area contributed by atoms with Crippen molar-refractivity contribution < 1.29 is 9.32 Å². The van der Waals surface area contributed by atoms with Crippen molar-refractivity contribution >= 4 is 5.91 Å². The van der Waals surface area contributed by atoms with E-state index in [2.05, 4.69) is 15.5 Å². The number of rotatable bonds is 5. The summed E-state index contributed by atoms with van der Waals surface area (Å²) in [5.41, 5.74) is 5.53. The van der Waals surface area contributed by atoms with Gasteiger partial charge in [0, 0.05) is 12.5 Å². The van der Waals surface area contributed by atoms with Crippen molar-refractivity contribution in [2.75, 3.05) is 0 Å². The maximum absolute atomic E-state index is 11.3. The van der Waals surface area contributed by atoms with Gasteiger partial charge in [-0.1, -0.05) is 5.16 Å². The van der Waals surface area contributed by atoms with Crippen LogP contribution in [0.1, 0.15) is 31.5 Å². The van der Waals surface area contributed by atoms with Crippen LogP contribution in [0.2, 0.25) is 0 Å². The summed E-state index contributed by atoms with van der Waals surface area (Å²) < 4.78 is 4.84. The Balaban J connectivity index is 2.22. The van der Waals surface area contributed by atoms with Crippen LogP contribution in [-0.2, 0) is 11.3 Å². The predicted octanol–water partition coefficient (Wildman–Crippen LogP) is 0.122. The number of nitrogens with zero attached hydrogens (tertiary/aromatic N) is 2. The zero-order valence-electron chi connectivity index (χ0n) is 8.99. The van der Waals surface area contributed by atoms with E-state index >= 15 is 0 Å². The van der Waals surface area contributed by atoms with E-state index < -0.39 is 0 Å². The van der Waals surface area contributed by atoms with Gasteiger partial charge in [-0.05, 0) is 20.3 Å². The Bertz CT molecular complexity index is 322. The molecule has 6 nitrogen and oxygen atoms in total. The third-order valence-corrected chi connectivity index (χ3v) is 1.83. The highest BCUT2D eigenvalue weighted by Crippen LogP contribution is 1.97. The number of amides is 1. The molecule has 0 aliphatic carbocycles. The van der Waals surface area contributed by atoms with Crippen molar-refractivity contribution in [1.82, 2.24) is 15.5 Å². The largest absolute Gasteiger partial charge is 0.347 e. The summed E-state index contributed by atoms with van der Waals surface area (Å²) in [6.45, 7) is 3.87. The number of hydrogen-bond acceptors (Lipinski definition) is 5. The lowest BCUT2D eigenvalue weighted by atomic mass is 10.2. The summed E-state index contributed by atoms with van der Waals surface area (Å²) in [6, 6.07) is 0.0430. The fourth-order valence-electron chi connectivity index (χ4n) is 1.03. The van der Waals surface area contributed by atoms with Crippen LogP contribution in [0.15, 0.2) is 4.52 Å². The standard InChI is InChI=1S/C9H16N4O2/c1-6(10)3-4-8(14)11-5-9-12-7(2)13-15-9/h6H,3-5,10H2,1-2H3,(H,11,14). The summed E-state index contributed by atoms with van der Waals surface area (Å²) in [5.74, 6) is 0.930. The molecule has 0 saturated carbocycles. The first-order chi connectivity index (χ1) is 7.08. The number of hydrogen-bond donors (Lipinski definition) is 2. The van der Waals surface area contributed by atoms with Gasteiger partial charge < -0.3 is 15.6 Å². The van der Waals surface area contributed by atoms with Crippen LogP contribution in [-0.4, -0.2) is 22.1 Å². The number of aryl methyl sites for hydroxylation is 1. The van der Waals surface area contributed by atoms with Crippen LogP contribution in [0.3, 0.4) is 0 Å². The lowest BCUT2D eigenvalue weighted by molar-refractivity contribution is -0.121. The molecule has 3 N–H and O–H groups in total. The highest BCUT2D eigenvalue weighted by molar-refractivity contribution is 5.75. The zero-order chi connectivity index (χ0) is 11.3. The van der Waals surface area contributed by atoms with Crippen LogP contribution in [0.25, 0.3) is 0 Å². The molecule has 0 saturated heterocycles. The SMILES string of the molecule is Cc1noc(CNC(=O)CCC(C)N)n1. The number of nitrogens with one attached hydrogen (secondary N) is 1. The van der Waals surface area contributed by atoms with Crippen molar-refractivity contribution in [3.05, 3.63) is 11.7 Å². The molecule has 1 rings (SSSR count). The number of aromatic nitrogens is 2. The normalized spacial score (nSPS) is 12.5. The Morgan fingerprint density at radius 3 is 2.93 bits per heavy atom. The molecule has 6 heteroatoms. The van der Waals surface area contributed by atoms with Gasteiger partial charge in [0.25, 0.3) is 0 Å². The third-order valence-electron chi connectivity index (χ3n) is 1.83. The minimum Gasteiger partial charge on any atom is -0.347 e. The smallest absolute Gasteiger partial charge is 0.246 e. The lowest BCUT2D eigenvalue weighted by Gasteiger charge is -2.04. The van der Waals surface area contributed by atoms with E-state index in [9.17, 15) is 4.79 Å². The monoisotopic (exact) mass is 212 g/mol. The van der Waals surface area contributed by atoms with Crippen LogP contribution in [0, 0.1) is 6.92 Å². The van der Waals surface area contributed by atoms with Crippen LogP contribution < -0.4 is 11.1 Å². The molecule has 0 fully saturated rings. The predicted molar refractivity (Wildman–Crippen MR) is 53.8 cm³/mol. The zero-order valence-corrected chi connectivity index (χ0v) is 8.99. The molecular formula is C9H16N4O2. The van der Waals surface area contributed by atoms with Gasteiger partial charge >= 0.3 is 0 Å². The lowest BCUT2D eigenvalue weighted by Crippen LogP contribution is -2.25. The van der Waals surface area contributed by atoms with Crippen molar-refractivity contribution in [2.45, 2.75) is 39.3 Å². The Morgan fingerprint density at radius 2 is 2.40 bits per heavy atom. The average molecular weight is 212 g/mol. The minimum absolute atomic E-state index is 0.0430. The summed E-state index contributed by atoms with van der Waals surface area (Å²) in [5, 5.41) is 6.29. The molecule has 0 radical (unpaired) electrons. The van der Waals surface area contributed by atoms with Gasteiger partial charge in [-0.2, -0.15) is 4.98 Å². The van der Waals surface area contributed by atoms with Gasteiger partial charge in [0.15, 0.2) is 5.82 Å². The van der Waals surface area contributed by atoms with Crippen LogP contribution >= 0.6 is 0 Å². The highest BCUT2D eigenvalue weighted by atomic mass is 16.5. The van der Waals surface area contributed by atoms with Gasteiger partial charge in [-0.25, -0.2) is 0 Å². The van der Waals surface area contributed by atoms with Crippen molar-refractivity contribution in [1.29, 1.82) is 0 Å². The molecule has 0 aliphatic heterocycles. The third kappa shape index (κ3) is 4.55. The Labute approximate surface area is 88.2 Å². The first-order valence-corrected chi connectivity index (χ1v) is 4.89. The van der Waals surface area contributed by atoms with E-state index in [0.29, 0.717) is 24.6 Å². The molecule has 1 heterocycles. The molecule has 0 spiro atoms. The van der Waals surface area contributed by atoms with Gasteiger partial charge in [-0.15, -0.1) is 0 Å². The van der Waals surface area contributed by atoms with Crippen LogP contribution in [0.4, 0.5) is 0 Å². The minimum atomic E-state index is -0.0526. The molecule has 0 aliphatic rings. The summed E-state index contributed by atoms with van der Waals surface area (Å²) >= 11 is 0. The molecule has 1 amide bonds. The van der Waals surface area contributed by atoms with E-state index in [-0.39, 0.29) is 18.5 Å². The maximum atomic E-state index is 11.3. The van der Waals surface area contributed by atoms with E-state index in [1.54, 1.807) is 6.92 Å². The molecule has 0 aromatic carbocycles. The number of carbonyl (C=O) groups is 1. The summed E-state index contributed by atoms with van der Waals surface area (Å²) in [7, 11) is 0. The quantitative estimate of drug-likeness (QED) is 0.723. The van der Waals surface area contributed by atoms with E-state index in [0.717, 1.165) is 0 Å². The van der Waals surface area contributed by atoms with Gasteiger partial charge in [0.2, 0.25) is 11.8 Å². The van der Waals surface area contributed by atoms with Gasteiger partial charge in [0.1, 0.15) is 0 Å². The topological polar surface area (TPSA) is 94.0 Å². The second kappa shape index (κ2) is 5.45. The number of nitrogens with two attached hydrogens (primary N) is 1. The Morgan fingerprint density at radius 1 is 1.67 bits per heavy atom. The maximum Gasteiger partial charge on any atom is 0.246 e.